The maximum Gasteiger partial charge on any atom is 0.308 e. The average Bonchev–Trinajstić information content (AvgIpc) is 2.85. The lowest BCUT2D eigenvalue weighted by atomic mass is 9.94. The molecule has 0 aliphatic carbocycles. The molecule has 0 bridgehead atoms. The van der Waals surface area contributed by atoms with Crippen LogP contribution < -0.4 is 0 Å². The highest BCUT2D eigenvalue weighted by atomic mass is 32.1. The number of amides is 1. The molecule has 0 spiro atoms. The fourth-order valence-corrected chi connectivity index (χ4v) is 2.55. The van der Waals surface area contributed by atoms with Crippen LogP contribution in [0.1, 0.15) is 24.6 Å². The van der Waals surface area contributed by atoms with E-state index in [1.807, 2.05) is 17.5 Å². The quantitative estimate of drug-likeness (QED) is 0.431. The number of hydrogen-bond donors (Lipinski definition) is 2. The number of aliphatic carboxylic acids is 1. The molecule has 0 saturated carbocycles. The van der Waals surface area contributed by atoms with Crippen molar-refractivity contribution in [1.82, 2.24) is 5.06 Å². The highest BCUT2D eigenvalue weighted by Gasteiger charge is 2.27. The molecule has 1 rings (SSSR count). The molecule has 0 aliphatic rings. The monoisotopic (exact) mass is 271 g/mol. The summed E-state index contributed by atoms with van der Waals surface area (Å²) in [5, 5.41) is 20.7. The highest BCUT2D eigenvalue weighted by molar-refractivity contribution is 7.09. The number of hydrogen-bond acceptors (Lipinski definition) is 4. The van der Waals surface area contributed by atoms with Gasteiger partial charge >= 0.3 is 5.97 Å². The Labute approximate surface area is 110 Å². The third-order valence-corrected chi connectivity index (χ3v) is 3.88. The van der Waals surface area contributed by atoms with E-state index in [9.17, 15) is 14.8 Å². The van der Waals surface area contributed by atoms with Gasteiger partial charge in [0.25, 0.3) is 0 Å². The standard InChI is InChI=1S/C12H17NO4S/c1-9(13(17)8-14)11(12(15)16)6-2-4-10-5-3-7-18-10/h3,5,7-9,11,17H,2,4,6H2,1H3,(H,15,16)/t9-,11+/m0/s1. The number of hydroxylamine groups is 2. The molecule has 0 aliphatic heterocycles. The summed E-state index contributed by atoms with van der Waals surface area (Å²) >= 11 is 1.64. The van der Waals surface area contributed by atoms with Crippen molar-refractivity contribution in [3.05, 3.63) is 22.4 Å². The van der Waals surface area contributed by atoms with Gasteiger partial charge in [0.1, 0.15) is 0 Å². The second-order valence-corrected chi connectivity index (χ2v) is 5.17. The van der Waals surface area contributed by atoms with Gasteiger partial charge in [0.15, 0.2) is 0 Å². The maximum atomic E-state index is 11.1. The molecule has 0 fully saturated rings. The van der Waals surface area contributed by atoms with E-state index < -0.39 is 17.9 Å². The molecule has 0 saturated heterocycles. The van der Waals surface area contributed by atoms with Crippen molar-refractivity contribution in [2.45, 2.75) is 32.2 Å². The Morgan fingerprint density at radius 3 is 2.83 bits per heavy atom. The summed E-state index contributed by atoms with van der Waals surface area (Å²) in [5.74, 6) is -1.74. The number of carboxylic acid groups (broad SMARTS) is 1. The molecule has 1 aromatic heterocycles. The van der Waals surface area contributed by atoms with E-state index in [2.05, 4.69) is 0 Å². The van der Waals surface area contributed by atoms with Gasteiger partial charge in [-0.05, 0) is 37.6 Å². The fourth-order valence-electron chi connectivity index (χ4n) is 1.80. The first-order valence-electron chi connectivity index (χ1n) is 5.74. The van der Waals surface area contributed by atoms with Crippen LogP contribution in [0.15, 0.2) is 17.5 Å². The number of rotatable bonds is 8. The number of aryl methyl sites for hydroxylation is 1. The molecule has 1 amide bonds. The molecule has 18 heavy (non-hydrogen) atoms. The van der Waals surface area contributed by atoms with Gasteiger partial charge in [0, 0.05) is 4.88 Å². The normalized spacial score (nSPS) is 13.9. The zero-order valence-electron chi connectivity index (χ0n) is 10.2. The molecule has 6 heteroatoms. The van der Waals surface area contributed by atoms with Crippen LogP contribution in [-0.2, 0) is 16.0 Å². The average molecular weight is 271 g/mol. The molecule has 2 atom stereocenters. The maximum absolute atomic E-state index is 11.1. The number of thiophene rings is 1. The molecule has 5 nitrogen and oxygen atoms in total. The van der Waals surface area contributed by atoms with Gasteiger partial charge in [-0.15, -0.1) is 11.3 Å². The second-order valence-electron chi connectivity index (χ2n) is 4.14. The summed E-state index contributed by atoms with van der Waals surface area (Å²) in [4.78, 5) is 22.7. The Bertz CT molecular complexity index is 379. The summed E-state index contributed by atoms with van der Waals surface area (Å²) in [6.45, 7) is 1.53. The first-order valence-corrected chi connectivity index (χ1v) is 6.62. The Morgan fingerprint density at radius 2 is 2.33 bits per heavy atom. The zero-order valence-corrected chi connectivity index (χ0v) is 11.0. The minimum absolute atomic E-state index is 0.236. The van der Waals surface area contributed by atoms with Crippen molar-refractivity contribution in [1.29, 1.82) is 0 Å². The van der Waals surface area contributed by atoms with Gasteiger partial charge in [-0.25, -0.2) is 5.06 Å². The van der Waals surface area contributed by atoms with Gasteiger partial charge in [-0.3, -0.25) is 14.8 Å². The topological polar surface area (TPSA) is 77.8 Å². The fraction of sp³-hybridized carbons (Fsp3) is 0.500. The van der Waals surface area contributed by atoms with Crippen molar-refractivity contribution in [3.63, 3.8) is 0 Å². The van der Waals surface area contributed by atoms with Crippen LogP contribution in [0.5, 0.6) is 0 Å². The van der Waals surface area contributed by atoms with E-state index in [1.165, 1.54) is 11.8 Å². The van der Waals surface area contributed by atoms with Crippen LogP contribution in [0.4, 0.5) is 0 Å². The van der Waals surface area contributed by atoms with Crippen LogP contribution in [0.3, 0.4) is 0 Å². The summed E-state index contributed by atoms with van der Waals surface area (Å²) in [6.07, 6.45) is 2.20. The van der Waals surface area contributed by atoms with Crippen LogP contribution in [0.25, 0.3) is 0 Å². The van der Waals surface area contributed by atoms with E-state index in [1.54, 1.807) is 11.3 Å². The smallest absolute Gasteiger partial charge is 0.308 e. The van der Waals surface area contributed by atoms with E-state index in [0.717, 1.165) is 6.42 Å². The summed E-state index contributed by atoms with van der Waals surface area (Å²) in [6, 6.07) is 3.25. The molecule has 0 radical (unpaired) electrons. The lowest BCUT2D eigenvalue weighted by molar-refractivity contribution is -0.170. The summed E-state index contributed by atoms with van der Waals surface area (Å²) < 4.78 is 0. The Kier molecular flexibility index (Phi) is 5.80. The van der Waals surface area contributed by atoms with E-state index >= 15 is 0 Å². The molecule has 2 N–H and O–H groups in total. The minimum atomic E-state index is -0.991. The zero-order chi connectivity index (χ0) is 13.5. The van der Waals surface area contributed by atoms with Gasteiger partial charge in [-0.1, -0.05) is 6.07 Å². The molecular weight excluding hydrogens is 254 g/mol. The van der Waals surface area contributed by atoms with Gasteiger partial charge in [0.2, 0.25) is 6.41 Å². The minimum Gasteiger partial charge on any atom is -0.481 e. The SMILES string of the molecule is C[C@@H]([C@@H](CCCc1cccs1)C(=O)O)N(O)C=O. The van der Waals surface area contributed by atoms with E-state index in [-0.39, 0.29) is 6.41 Å². The number of carbonyl (C=O) groups is 2. The van der Waals surface area contributed by atoms with Gasteiger partial charge < -0.3 is 5.11 Å². The van der Waals surface area contributed by atoms with E-state index in [0.29, 0.717) is 17.9 Å². The van der Waals surface area contributed by atoms with Crippen molar-refractivity contribution >= 4 is 23.7 Å². The lowest BCUT2D eigenvalue weighted by Crippen LogP contribution is -2.39. The third-order valence-electron chi connectivity index (χ3n) is 2.94. The van der Waals surface area contributed by atoms with Crippen molar-refractivity contribution in [2.24, 2.45) is 5.92 Å². The Balaban J connectivity index is 2.47. The predicted molar refractivity (Wildman–Crippen MR) is 67.5 cm³/mol. The molecule has 0 unspecified atom stereocenters. The predicted octanol–water partition coefficient (Wildman–Crippen LogP) is 2.01. The highest BCUT2D eigenvalue weighted by Crippen LogP contribution is 2.19. The van der Waals surface area contributed by atoms with Gasteiger partial charge in [-0.2, -0.15) is 0 Å². The van der Waals surface area contributed by atoms with Crippen LogP contribution in [0, 0.1) is 5.92 Å². The van der Waals surface area contributed by atoms with Crippen molar-refractivity contribution in [2.75, 3.05) is 0 Å². The first kappa shape index (κ1) is 14.7. The number of carboxylic acids is 1. The molecule has 1 aromatic rings. The van der Waals surface area contributed by atoms with Crippen molar-refractivity contribution < 1.29 is 19.9 Å². The molecule has 100 valence electrons. The molecule has 0 aromatic carbocycles. The van der Waals surface area contributed by atoms with Crippen LogP contribution in [-0.4, -0.2) is 33.8 Å². The van der Waals surface area contributed by atoms with Crippen LogP contribution in [0.2, 0.25) is 0 Å². The Hall–Kier alpha value is -1.40. The van der Waals surface area contributed by atoms with E-state index in [4.69, 9.17) is 5.11 Å². The Morgan fingerprint density at radius 1 is 1.61 bits per heavy atom. The summed E-state index contributed by atoms with van der Waals surface area (Å²) in [5.41, 5.74) is 0. The van der Waals surface area contributed by atoms with Gasteiger partial charge in [0.05, 0.1) is 12.0 Å². The molecular formula is C12H17NO4S. The van der Waals surface area contributed by atoms with Crippen LogP contribution >= 0.6 is 11.3 Å². The lowest BCUT2D eigenvalue weighted by Gasteiger charge is -2.24. The summed E-state index contributed by atoms with van der Waals surface area (Å²) in [7, 11) is 0. The largest absolute Gasteiger partial charge is 0.481 e. The van der Waals surface area contributed by atoms with Crippen molar-refractivity contribution in [3.8, 4) is 0 Å². The second kappa shape index (κ2) is 7.13. The number of nitrogens with zero attached hydrogens (tertiary/aromatic N) is 1. The first-order chi connectivity index (χ1) is 8.56. The molecule has 1 heterocycles. The number of carbonyl (C=O) groups excluding carboxylic acids is 1. The third kappa shape index (κ3) is 4.12.